The molecule has 1 unspecified atom stereocenters. The second kappa shape index (κ2) is 7.38. The first kappa shape index (κ1) is 17.7. The maximum Gasteiger partial charge on any atom is 0.230 e. The van der Waals surface area contributed by atoms with Gasteiger partial charge in [-0.15, -0.1) is 5.10 Å². The molecule has 2 N–H and O–H groups in total. The Bertz CT molecular complexity index is 861. The Kier molecular flexibility index (Phi) is 5.22. The van der Waals surface area contributed by atoms with Gasteiger partial charge >= 0.3 is 0 Å². The van der Waals surface area contributed by atoms with Crippen molar-refractivity contribution < 1.29 is 14.9 Å². The Hall–Kier alpha value is -2.16. The molecule has 8 heteroatoms. The van der Waals surface area contributed by atoms with Crippen LogP contribution in [0, 0.1) is 6.92 Å². The monoisotopic (exact) mass is 362 g/mol. The molecule has 2 heterocycles. The van der Waals surface area contributed by atoms with E-state index in [1.807, 2.05) is 31.2 Å². The van der Waals surface area contributed by atoms with Gasteiger partial charge in [0.1, 0.15) is 11.6 Å². The minimum absolute atomic E-state index is 0.0366. The minimum Gasteiger partial charge on any atom is -0.497 e. The van der Waals surface area contributed by atoms with Gasteiger partial charge in [0.2, 0.25) is 10.8 Å². The number of aliphatic hydroxyl groups is 1. The summed E-state index contributed by atoms with van der Waals surface area (Å²) in [4.78, 5) is 7.86. The molecule has 3 aromatic rings. The lowest BCUT2D eigenvalue weighted by molar-refractivity contribution is 0.174. The van der Waals surface area contributed by atoms with Gasteiger partial charge in [0.25, 0.3) is 0 Å². The number of aromatic hydroxyl groups is 1. The van der Waals surface area contributed by atoms with Crippen molar-refractivity contribution in [3.05, 3.63) is 40.5 Å². The largest absolute Gasteiger partial charge is 0.497 e. The van der Waals surface area contributed by atoms with Crippen molar-refractivity contribution in [2.75, 3.05) is 26.8 Å². The van der Waals surface area contributed by atoms with Crippen LogP contribution >= 0.6 is 11.3 Å². The smallest absolute Gasteiger partial charge is 0.230 e. The molecule has 3 rings (SSSR count). The van der Waals surface area contributed by atoms with Crippen LogP contribution < -0.4 is 4.74 Å². The fourth-order valence-electron chi connectivity index (χ4n) is 2.96. The number of likely N-dealkylation sites (N-methyl/N-ethyl adjacent to an activating group) is 1. The lowest BCUT2D eigenvalue weighted by Gasteiger charge is -2.30. The number of rotatable bonds is 7. The Balaban J connectivity index is 2.14. The topological polar surface area (TPSA) is 83.1 Å². The lowest BCUT2D eigenvalue weighted by atomic mass is 10.0. The number of thiazole rings is 1. The molecule has 7 nitrogen and oxygen atoms in total. The van der Waals surface area contributed by atoms with Gasteiger partial charge in [-0.05, 0) is 31.2 Å². The summed E-state index contributed by atoms with van der Waals surface area (Å²) in [6.07, 6.45) is 0. The van der Waals surface area contributed by atoms with Crippen LogP contribution in [0.4, 0.5) is 0 Å². The van der Waals surface area contributed by atoms with E-state index in [0.29, 0.717) is 23.9 Å². The number of benzene rings is 1. The van der Waals surface area contributed by atoms with Crippen LogP contribution in [0.25, 0.3) is 4.96 Å². The fraction of sp³-hybridized carbons (Fsp3) is 0.412. The maximum atomic E-state index is 10.7. The van der Waals surface area contributed by atoms with Crippen LogP contribution in [0.5, 0.6) is 11.6 Å². The van der Waals surface area contributed by atoms with E-state index in [4.69, 9.17) is 4.74 Å². The Morgan fingerprint density at radius 1 is 1.40 bits per heavy atom. The van der Waals surface area contributed by atoms with Gasteiger partial charge in [0.05, 0.1) is 24.6 Å². The van der Waals surface area contributed by atoms with Crippen LogP contribution in [0.3, 0.4) is 0 Å². The summed E-state index contributed by atoms with van der Waals surface area (Å²) in [5, 5.41) is 24.4. The third-order valence-corrected chi connectivity index (χ3v) is 5.19. The van der Waals surface area contributed by atoms with Gasteiger partial charge in [0.15, 0.2) is 0 Å². The van der Waals surface area contributed by atoms with Crippen molar-refractivity contribution in [3.8, 4) is 11.6 Å². The average Bonchev–Trinajstić information content (AvgIpc) is 3.12. The van der Waals surface area contributed by atoms with E-state index in [2.05, 4.69) is 15.0 Å². The van der Waals surface area contributed by atoms with Crippen LogP contribution in [0.15, 0.2) is 24.3 Å². The molecule has 0 aliphatic carbocycles. The highest BCUT2D eigenvalue weighted by atomic mass is 32.1. The first-order valence-electron chi connectivity index (χ1n) is 8.12. The third-order valence-electron chi connectivity index (χ3n) is 4.12. The quantitative estimate of drug-likeness (QED) is 0.671. The molecule has 0 amide bonds. The molecule has 1 aromatic carbocycles. The number of hydrogen-bond donors (Lipinski definition) is 2. The molecular formula is C17H22N4O3S. The van der Waals surface area contributed by atoms with Crippen LogP contribution in [0.2, 0.25) is 0 Å². The van der Waals surface area contributed by atoms with Crippen molar-refractivity contribution >= 4 is 16.3 Å². The van der Waals surface area contributed by atoms with E-state index in [1.165, 1.54) is 15.9 Å². The molecule has 134 valence electrons. The number of aryl methyl sites for hydroxylation is 1. The van der Waals surface area contributed by atoms with Gasteiger partial charge in [0, 0.05) is 6.54 Å². The summed E-state index contributed by atoms with van der Waals surface area (Å²) >= 11 is 1.41. The number of hydrogen-bond acceptors (Lipinski definition) is 7. The molecule has 0 aliphatic rings. The van der Waals surface area contributed by atoms with Crippen molar-refractivity contribution in [3.63, 3.8) is 0 Å². The first-order valence-corrected chi connectivity index (χ1v) is 8.94. The van der Waals surface area contributed by atoms with E-state index in [0.717, 1.165) is 16.2 Å². The predicted octanol–water partition coefficient (Wildman–Crippen LogP) is 2.22. The van der Waals surface area contributed by atoms with E-state index in [9.17, 15) is 10.2 Å². The number of nitrogens with zero attached hydrogens (tertiary/aromatic N) is 4. The summed E-state index contributed by atoms with van der Waals surface area (Å²) in [5.74, 6) is 1.45. The molecule has 0 saturated heterocycles. The number of aromatic nitrogens is 3. The van der Waals surface area contributed by atoms with Gasteiger partial charge in [-0.25, -0.2) is 4.98 Å². The Labute approximate surface area is 150 Å². The number of ether oxygens (including phenoxy) is 1. The van der Waals surface area contributed by atoms with Gasteiger partial charge < -0.3 is 14.9 Å². The van der Waals surface area contributed by atoms with Crippen LogP contribution in [-0.4, -0.2) is 56.5 Å². The molecule has 0 fully saturated rings. The van der Waals surface area contributed by atoms with Crippen molar-refractivity contribution in [2.45, 2.75) is 19.9 Å². The molecule has 0 saturated carbocycles. The summed E-state index contributed by atoms with van der Waals surface area (Å²) in [6, 6.07) is 7.53. The highest BCUT2D eigenvalue weighted by molar-refractivity contribution is 7.17. The fourth-order valence-corrected chi connectivity index (χ4v) is 4.13. The molecule has 0 radical (unpaired) electrons. The zero-order valence-electron chi connectivity index (χ0n) is 14.5. The lowest BCUT2D eigenvalue weighted by Crippen LogP contribution is -2.31. The standard InChI is InChI=1S/C17H22N4O3S/c1-4-20(8-9-22)14(12-6-5-7-13(10-12)24-3)15-16(23)21-17(25-15)18-11(2)19-21/h5-7,10,14,22-23H,4,8-9H2,1-3H3. The summed E-state index contributed by atoms with van der Waals surface area (Å²) in [6.45, 7) is 5.07. The second-order valence-electron chi connectivity index (χ2n) is 5.67. The second-order valence-corrected chi connectivity index (χ2v) is 6.68. The number of methoxy groups -OCH3 is 1. The van der Waals surface area contributed by atoms with Crippen molar-refractivity contribution in [2.24, 2.45) is 0 Å². The molecule has 0 bridgehead atoms. The zero-order valence-corrected chi connectivity index (χ0v) is 15.3. The third kappa shape index (κ3) is 3.33. The zero-order chi connectivity index (χ0) is 18.0. The van der Waals surface area contributed by atoms with Gasteiger partial charge in [-0.3, -0.25) is 4.90 Å². The summed E-state index contributed by atoms with van der Waals surface area (Å²) < 4.78 is 6.81. The maximum absolute atomic E-state index is 10.7. The SMILES string of the molecule is CCN(CCO)C(c1cccc(OC)c1)c1sc2nc(C)nn2c1O. The minimum atomic E-state index is -0.221. The molecule has 1 atom stereocenters. The van der Waals surface area contributed by atoms with E-state index in [1.54, 1.807) is 14.0 Å². The first-order chi connectivity index (χ1) is 12.1. The molecule has 0 spiro atoms. The van der Waals surface area contributed by atoms with E-state index in [-0.39, 0.29) is 18.5 Å². The number of aliphatic hydroxyl groups excluding tert-OH is 1. The highest BCUT2D eigenvalue weighted by Crippen LogP contribution is 2.40. The van der Waals surface area contributed by atoms with Gasteiger partial charge in [-0.1, -0.05) is 30.4 Å². The normalized spacial score (nSPS) is 12.8. The van der Waals surface area contributed by atoms with E-state index >= 15 is 0 Å². The summed E-state index contributed by atoms with van der Waals surface area (Å²) in [5.41, 5.74) is 0.978. The molecule has 25 heavy (non-hydrogen) atoms. The Morgan fingerprint density at radius 2 is 2.20 bits per heavy atom. The summed E-state index contributed by atoms with van der Waals surface area (Å²) in [7, 11) is 1.63. The Morgan fingerprint density at radius 3 is 2.84 bits per heavy atom. The number of fused-ring (bicyclic) bond motifs is 1. The average molecular weight is 362 g/mol. The highest BCUT2D eigenvalue weighted by Gasteiger charge is 2.28. The predicted molar refractivity (Wildman–Crippen MR) is 96.4 cm³/mol. The van der Waals surface area contributed by atoms with E-state index < -0.39 is 0 Å². The van der Waals surface area contributed by atoms with Crippen molar-refractivity contribution in [1.82, 2.24) is 19.5 Å². The van der Waals surface area contributed by atoms with Crippen LogP contribution in [-0.2, 0) is 0 Å². The van der Waals surface area contributed by atoms with Crippen LogP contribution in [0.1, 0.15) is 29.2 Å². The van der Waals surface area contributed by atoms with Crippen molar-refractivity contribution in [1.29, 1.82) is 0 Å². The molecular weight excluding hydrogens is 340 g/mol. The van der Waals surface area contributed by atoms with Gasteiger partial charge in [-0.2, -0.15) is 4.52 Å². The molecule has 2 aromatic heterocycles. The molecule has 0 aliphatic heterocycles.